The summed E-state index contributed by atoms with van der Waals surface area (Å²) in [6, 6.07) is 0. The predicted octanol–water partition coefficient (Wildman–Crippen LogP) is 3.55. The van der Waals surface area contributed by atoms with Gasteiger partial charge in [0, 0.05) is 30.5 Å². The number of hydrogen-bond acceptors (Lipinski definition) is 2. The Kier molecular flexibility index (Phi) is 5.35. The van der Waals surface area contributed by atoms with Crippen LogP contribution in [0.4, 0.5) is 0 Å². The van der Waals surface area contributed by atoms with E-state index in [9.17, 15) is 4.79 Å². The highest BCUT2D eigenvalue weighted by atomic mass is 16.1. The number of carbonyl (C=O) groups is 1. The fraction of sp³-hybridized carbons (Fsp3) is 0.625. The lowest BCUT2D eigenvalue weighted by Crippen LogP contribution is -2.19. The van der Waals surface area contributed by atoms with Crippen LogP contribution in [0.5, 0.6) is 0 Å². The fourth-order valence-corrected chi connectivity index (χ4v) is 1.64. The molecule has 0 bridgehead atoms. The van der Waals surface area contributed by atoms with Crippen LogP contribution in [-0.4, -0.2) is 15.6 Å². The van der Waals surface area contributed by atoms with Crippen molar-refractivity contribution in [2.75, 3.05) is 0 Å². The molecule has 1 aromatic rings. The Bertz CT molecular complexity index is 481. The SMILES string of the molecule is CC(C)C#CCCCn1cc(C(=O)C(C)(C)C)cn1. The molecule has 3 nitrogen and oxygen atoms in total. The van der Waals surface area contributed by atoms with E-state index in [0.717, 1.165) is 19.4 Å². The van der Waals surface area contributed by atoms with Crippen LogP contribution in [0, 0.1) is 23.2 Å². The van der Waals surface area contributed by atoms with E-state index in [1.54, 1.807) is 6.20 Å². The van der Waals surface area contributed by atoms with Gasteiger partial charge in [0.25, 0.3) is 0 Å². The van der Waals surface area contributed by atoms with Gasteiger partial charge in [0.05, 0.1) is 11.8 Å². The lowest BCUT2D eigenvalue weighted by atomic mass is 9.88. The first kappa shape index (κ1) is 15.5. The lowest BCUT2D eigenvalue weighted by Gasteiger charge is -2.14. The van der Waals surface area contributed by atoms with Crippen LogP contribution in [-0.2, 0) is 6.54 Å². The third-order valence-electron chi connectivity index (χ3n) is 2.66. The van der Waals surface area contributed by atoms with Crippen molar-refractivity contribution in [2.24, 2.45) is 11.3 Å². The van der Waals surface area contributed by atoms with Crippen LogP contribution in [0.2, 0.25) is 0 Å². The number of unbranched alkanes of at least 4 members (excludes halogenated alkanes) is 1. The molecule has 1 heterocycles. The molecule has 0 fully saturated rings. The van der Waals surface area contributed by atoms with E-state index in [1.807, 2.05) is 31.6 Å². The zero-order valence-electron chi connectivity index (χ0n) is 12.7. The van der Waals surface area contributed by atoms with Crippen molar-refractivity contribution in [3.05, 3.63) is 18.0 Å². The van der Waals surface area contributed by atoms with Crippen LogP contribution < -0.4 is 0 Å². The molecule has 19 heavy (non-hydrogen) atoms. The number of aryl methyl sites for hydroxylation is 1. The molecular formula is C16H24N2O. The van der Waals surface area contributed by atoms with E-state index >= 15 is 0 Å². The Labute approximate surface area is 116 Å². The number of nitrogens with zero attached hydrogens (tertiary/aromatic N) is 2. The third kappa shape index (κ3) is 5.30. The maximum absolute atomic E-state index is 12.1. The monoisotopic (exact) mass is 260 g/mol. The third-order valence-corrected chi connectivity index (χ3v) is 2.66. The fourth-order valence-electron chi connectivity index (χ4n) is 1.64. The van der Waals surface area contributed by atoms with Gasteiger partial charge in [-0.25, -0.2) is 0 Å². The van der Waals surface area contributed by atoms with Crippen LogP contribution >= 0.6 is 0 Å². The van der Waals surface area contributed by atoms with Crippen LogP contribution in [0.15, 0.2) is 12.4 Å². The molecule has 0 N–H and O–H groups in total. The molecule has 0 aliphatic rings. The van der Waals surface area contributed by atoms with Crippen molar-refractivity contribution < 1.29 is 4.79 Å². The average molecular weight is 260 g/mol. The second kappa shape index (κ2) is 6.56. The molecule has 0 aromatic carbocycles. The smallest absolute Gasteiger partial charge is 0.171 e. The van der Waals surface area contributed by atoms with Crippen molar-refractivity contribution >= 4 is 5.78 Å². The topological polar surface area (TPSA) is 34.9 Å². The van der Waals surface area contributed by atoms with Crippen molar-refractivity contribution in [1.29, 1.82) is 0 Å². The molecule has 0 aliphatic heterocycles. The second-order valence-electron chi connectivity index (χ2n) is 6.15. The van der Waals surface area contributed by atoms with E-state index in [0.29, 0.717) is 11.5 Å². The Hall–Kier alpha value is -1.56. The Morgan fingerprint density at radius 2 is 2.11 bits per heavy atom. The lowest BCUT2D eigenvalue weighted by molar-refractivity contribution is 0.0858. The normalized spacial score (nSPS) is 11.3. The van der Waals surface area contributed by atoms with Crippen LogP contribution in [0.25, 0.3) is 0 Å². The van der Waals surface area contributed by atoms with Crippen molar-refractivity contribution in [3.63, 3.8) is 0 Å². The van der Waals surface area contributed by atoms with Gasteiger partial charge in [0.15, 0.2) is 5.78 Å². The van der Waals surface area contributed by atoms with Crippen molar-refractivity contribution in [3.8, 4) is 11.8 Å². The van der Waals surface area contributed by atoms with E-state index < -0.39 is 0 Å². The van der Waals surface area contributed by atoms with Gasteiger partial charge in [0.2, 0.25) is 0 Å². The Morgan fingerprint density at radius 3 is 2.68 bits per heavy atom. The van der Waals surface area contributed by atoms with Gasteiger partial charge in [-0.2, -0.15) is 5.10 Å². The number of carbonyl (C=O) groups excluding carboxylic acids is 1. The number of ketones is 1. The summed E-state index contributed by atoms with van der Waals surface area (Å²) in [6.07, 6.45) is 5.34. The van der Waals surface area contributed by atoms with E-state index in [-0.39, 0.29) is 11.2 Å². The first-order chi connectivity index (χ1) is 8.80. The predicted molar refractivity (Wildman–Crippen MR) is 77.9 cm³/mol. The molecule has 0 saturated heterocycles. The zero-order valence-corrected chi connectivity index (χ0v) is 12.7. The standard InChI is InChI=1S/C16H24N2O/c1-13(2)9-7-6-8-10-18-12-14(11-17-18)15(19)16(3,4)5/h11-13H,6,8,10H2,1-5H3. The minimum Gasteiger partial charge on any atom is -0.293 e. The molecule has 0 radical (unpaired) electrons. The molecule has 1 aromatic heterocycles. The highest BCUT2D eigenvalue weighted by Crippen LogP contribution is 2.20. The molecular weight excluding hydrogens is 236 g/mol. The van der Waals surface area contributed by atoms with Gasteiger partial charge in [-0.05, 0) is 6.42 Å². The Morgan fingerprint density at radius 1 is 1.42 bits per heavy atom. The number of hydrogen-bond donors (Lipinski definition) is 0. The maximum atomic E-state index is 12.1. The second-order valence-corrected chi connectivity index (χ2v) is 6.15. The molecule has 3 heteroatoms. The first-order valence-corrected chi connectivity index (χ1v) is 6.86. The summed E-state index contributed by atoms with van der Waals surface area (Å²) in [5, 5.41) is 4.23. The largest absolute Gasteiger partial charge is 0.293 e. The Balaban J connectivity index is 2.49. The van der Waals surface area contributed by atoms with E-state index in [4.69, 9.17) is 0 Å². The van der Waals surface area contributed by atoms with Gasteiger partial charge in [0.1, 0.15) is 0 Å². The highest BCUT2D eigenvalue weighted by Gasteiger charge is 2.23. The quantitative estimate of drug-likeness (QED) is 0.471. The van der Waals surface area contributed by atoms with Gasteiger partial charge < -0.3 is 0 Å². The molecule has 0 unspecified atom stereocenters. The molecule has 1 rings (SSSR count). The van der Waals surface area contributed by atoms with Gasteiger partial charge >= 0.3 is 0 Å². The van der Waals surface area contributed by atoms with E-state index in [2.05, 4.69) is 30.8 Å². The number of rotatable bonds is 4. The molecule has 0 spiro atoms. The average Bonchev–Trinajstić information content (AvgIpc) is 2.74. The summed E-state index contributed by atoms with van der Waals surface area (Å²) in [4.78, 5) is 12.1. The molecule has 0 saturated carbocycles. The van der Waals surface area contributed by atoms with Gasteiger partial charge in [-0.3, -0.25) is 9.48 Å². The summed E-state index contributed by atoms with van der Waals surface area (Å²) in [7, 11) is 0. The number of aromatic nitrogens is 2. The summed E-state index contributed by atoms with van der Waals surface area (Å²) in [6.45, 7) is 10.8. The highest BCUT2D eigenvalue weighted by molar-refractivity contribution is 5.99. The summed E-state index contributed by atoms with van der Waals surface area (Å²) >= 11 is 0. The van der Waals surface area contributed by atoms with E-state index in [1.165, 1.54) is 0 Å². The van der Waals surface area contributed by atoms with Gasteiger partial charge in [-0.1, -0.05) is 34.6 Å². The summed E-state index contributed by atoms with van der Waals surface area (Å²) in [5.74, 6) is 6.86. The number of Topliss-reactive ketones (excluding diaryl/α,β-unsaturated/α-hetero) is 1. The van der Waals surface area contributed by atoms with Crippen LogP contribution in [0.3, 0.4) is 0 Å². The molecule has 0 atom stereocenters. The van der Waals surface area contributed by atoms with Crippen molar-refractivity contribution in [2.45, 2.75) is 54.0 Å². The minimum absolute atomic E-state index is 0.137. The first-order valence-electron chi connectivity index (χ1n) is 6.86. The minimum atomic E-state index is -0.351. The molecule has 0 amide bonds. The summed E-state index contributed by atoms with van der Waals surface area (Å²) in [5.41, 5.74) is 0.345. The van der Waals surface area contributed by atoms with Crippen LogP contribution in [0.1, 0.15) is 57.8 Å². The van der Waals surface area contributed by atoms with Crippen molar-refractivity contribution in [1.82, 2.24) is 9.78 Å². The molecule has 104 valence electrons. The molecule has 0 aliphatic carbocycles. The zero-order chi connectivity index (χ0) is 14.5. The summed E-state index contributed by atoms with van der Waals surface area (Å²) < 4.78 is 1.83. The maximum Gasteiger partial charge on any atom is 0.171 e. The van der Waals surface area contributed by atoms with Gasteiger partial charge in [-0.15, -0.1) is 11.8 Å².